The molecule has 0 aromatic carbocycles. The van der Waals surface area contributed by atoms with Crippen LogP contribution in [0, 0.1) is 18.3 Å². The van der Waals surface area contributed by atoms with E-state index in [-0.39, 0.29) is 17.9 Å². The lowest BCUT2D eigenvalue weighted by Crippen LogP contribution is -2.35. The highest BCUT2D eigenvalue weighted by Gasteiger charge is 2.26. The smallest absolute Gasteiger partial charge is 0.308 e. The van der Waals surface area contributed by atoms with Gasteiger partial charge in [0.1, 0.15) is 11.3 Å². The van der Waals surface area contributed by atoms with Gasteiger partial charge in [-0.05, 0) is 25.2 Å². The van der Waals surface area contributed by atoms with Crippen molar-refractivity contribution >= 4 is 11.9 Å². The number of aryl methyl sites for hydroxylation is 2. The summed E-state index contributed by atoms with van der Waals surface area (Å²) in [6.45, 7) is 9.58. The van der Waals surface area contributed by atoms with Crippen molar-refractivity contribution in [3.63, 3.8) is 0 Å². The summed E-state index contributed by atoms with van der Waals surface area (Å²) in [7, 11) is 0. The summed E-state index contributed by atoms with van der Waals surface area (Å²) in [4.78, 5) is 23.5. The largest absolute Gasteiger partial charge is 0.481 e. The molecule has 6 nitrogen and oxygen atoms in total. The van der Waals surface area contributed by atoms with Gasteiger partial charge in [-0.1, -0.05) is 32.9 Å². The van der Waals surface area contributed by atoms with Crippen LogP contribution in [-0.2, 0) is 11.2 Å². The molecule has 0 bridgehead atoms. The van der Waals surface area contributed by atoms with E-state index in [2.05, 4.69) is 10.5 Å². The monoisotopic (exact) mass is 296 g/mol. The van der Waals surface area contributed by atoms with E-state index in [4.69, 9.17) is 4.52 Å². The number of hydrogen-bond acceptors (Lipinski definition) is 4. The van der Waals surface area contributed by atoms with Crippen LogP contribution < -0.4 is 5.32 Å². The lowest BCUT2D eigenvalue weighted by molar-refractivity contribution is -0.142. The SMILES string of the molecule is CCc1noc(C)c1C(=O)NCC(CC(C)(C)C)C(=O)O. The number of carboxylic acid groups (broad SMARTS) is 1. The molecule has 6 heteroatoms. The molecule has 0 saturated carbocycles. The van der Waals surface area contributed by atoms with Crippen molar-refractivity contribution in [1.82, 2.24) is 10.5 Å². The van der Waals surface area contributed by atoms with Crippen LogP contribution in [-0.4, -0.2) is 28.7 Å². The highest BCUT2D eigenvalue weighted by Crippen LogP contribution is 2.24. The Hall–Kier alpha value is -1.85. The van der Waals surface area contributed by atoms with Gasteiger partial charge in [-0.15, -0.1) is 0 Å². The van der Waals surface area contributed by atoms with Crippen molar-refractivity contribution in [2.24, 2.45) is 11.3 Å². The Balaban J connectivity index is 2.74. The number of carbonyl (C=O) groups excluding carboxylic acids is 1. The number of carboxylic acids is 1. The minimum Gasteiger partial charge on any atom is -0.481 e. The Labute approximate surface area is 124 Å². The van der Waals surface area contributed by atoms with Gasteiger partial charge in [-0.25, -0.2) is 0 Å². The van der Waals surface area contributed by atoms with Gasteiger partial charge in [-0.3, -0.25) is 9.59 Å². The molecule has 0 radical (unpaired) electrons. The van der Waals surface area contributed by atoms with Crippen LogP contribution in [0.25, 0.3) is 0 Å². The maximum absolute atomic E-state index is 12.2. The third-order valence-electron chi connectivity index (χ3n) is 3.21. The molecule has 1 atom stereocenters. The van der Waals surface area contributed by atoms with Crippen molar-refractivity contribution in [3.8, 4) is 0 Å². The molecule has 21 heavy (non-hydrogen) atoms. The van der Waals surface area contributed by atoms with Crippen molar-refractivity contribution in [3.05, 3.63) is 17.0 Å². The highest BCUT2D eigenvalue weighted by molar-refractivity contribution is 5.96. The summed E-state index contributed by atoms with van der Waals surface area (Å²) in [6, 6.07) is 0. The molecule has 1 aromatic heterocycles. The number of nitrogens with one attached hydrogen (secondary N) is 1. The number of aromatic nitrogens is 1. The fourth-order valence-corrected chi connectivity index (χ4v) is 2.24. The zero-order chi connectivity index (χ0) is 16.2. The number of hydrogen-bond donors (Lipinski definition) is 2. The summed E-state index contributed by atoms with van der Waals surface area (Å²) in [5.41, 5.74) is 0.889. The standard InChI is InChI=1S/C15H24N2O4/c1-6-11-12(9(2)21-17-11)13(18)16-8-10(14(19)20)7-15(3,4)5/h10H,6-8H2,1-5H3,(H,16,18)(H,19,20). The van der Waals surface area contributed by atoms with Crippen LogP contribution in [0.5, 0.6) is 0 Å². The van der Waals surface area contributed by atoms with Gasteiger partial charge >= 0.3 is 5.97 Å². The predicted octanol–water partition coefficient (Wildman–Crippen LogP) is 2.41. The molecule has 0 fully saturated rings. The molecule has 118 valence electrons. The predicted molar refractivity (Wildman–Crippen MR) is 78.1 cm³/mol. The molecule has 0 aliphatic rings. The van der Waals surface area contributed by atoms with Gasteiger partial charge in [0.2, 0.25) is 0 Å². The van der Waals surface area contributed by atoms with Crippen LogP contribution in [0.1, 0.15) is 55.9 Å². The third kappa shape index (κ3) is 4.88. The summed E-state index contributed by atoms with van der Waals surface area (Å²) >= 11 is 0. The van der Waals surface area contributed by atoms with Gasteiger partial charge < -0.3 is 14.9 Å². The van der Waals surface area contributed by atoms with E-state index in [0.717, 1.165) is 0 Å². The second kappa shape index (κ2) is 6.74. The van der Waals surface area contributed by atoms with Crippen molar-refractivity contribution in [1.29, 1.82) is 0 Å². The molecule has 2 N–H and O–H groups in total. The van der Waals surface area contributed by atoms with Gasteiger partial charge in [0.05, 0.1) is 11.6 Å². The summed E-state index contributed by atoms with van der Waals surface area (Å²) < 4.78 is 5.02. The Bertz CT molecular complexity index is 514. The average molecular weight is 296 g/mol. The topological polar surface area (TPSA) is 92.4 Å². The summed E-state index contributed by atoms with van der Waals surface area (Å²) in [5, 5.41) is 15.8. The molecule has 1 heterocycles. The Morgan fingerprint density at radius 2 is 2.00 bits per heavy atom. The van der Waals surface area contributed by atoms with Crippen LogP contribution in [0.15, 0.2) is 4.52 Å². The molecule has 1 rings (SSSR count). The summed E-state index contributed by atoms with van der Waals surface area (Å²) in [6.07, 6.45) is 1.08. The molecule has 0 spiro atoms. The molecular formula is C15H24N2O4. The maximum Gasteiger partial charge on any atom is 0.308 e. The lowest BCUT2D eigenvalue weighted by atomic mass is 9.84. The summed E-state index contributed by atoms with van der Waals surface area (Å²) in [5.74, 6) is -1.39. The van der Waals surface area contributed by atoms with Crippen molar-refractivity contribution < 1.29 is 19.2 Å². The van der Waals surface area contributed by atoms with Crippen molar-refractivity contribution in [2.75, 3.05) is 6.54 Å². The van der Waals surface area contributed by atoms with Crippen molar-refractivity contribution in [2.45, 2.75) is 47.5 Å². The fraction of sp³-hybridized carbons (Fsp3) is 0.667. The van der Waals surface area contributed by atoms with Crippen LogP contribution in [0.3, 0.4) is 0 Å². The first-order chi connectivity index (χ1) is 9.65. The maximum atomic E-state index is 12.2. The first kappa shape index (κ1) is 17.2. The molecule has 1 amide bonds. The fourth-order valence-electron chi connectivity index (χ4n) is 2.24. The van der Waals surface area contributed by atoms with E-state index in [1.807, 2.05) is 27.7 Å². The van der Waals surface area contributed by atoms with E-state index in [0.29, 0.717) is 29.9 Å². The van der Waals surface area contributed by atoms with Crippen LogP contribution in [0.2, 0.25) is 0 Å². The van der Waals surface area contributed by atoms with Gasteiger partial charge in [0, 0.05) is 6.54 Å². The molecule has 0 aliphatic heterocycles. The Morgan fingerprint density at radius 1 is 1.38 bits per heavy atom. The lowest BCUT2D eigenvalue weighted by Gasteiger charge is -2.23. The van der Waals surface area contributed by atoms with Gasteiger partial charge in [0.25, 0.3) is 5.91 Å². The Morgan fingerprint density at radius 3 is 2.48 bits per heavy atom. The number of nitrogens with zero attached hydrogens (tertiary/aromatic N) is 1. The normalized spacial score (nSPS) is 13.0. The molecule has 0 saturated heterocycles. The quantitative estimate of drug-likeness (QED) is 0.841. The third-order valence-corrected chi connectivity index (χ3v) is 3.21. The molecule has 0 aliphatic carbocycles. The van der Waals surface area contributed by atoms with E-state index >= 15 is 0 Å². The van der Waals surface area contributed by atoms with Gasteiger partial charge in [0.15, 0.2) is 0 Å². The zero-order valence-corrected chi connectivity index (χ0v) is 13.3. The van der Waals surface area contributed by atoms with E-state index < -0.39 is 11.9 Å². The van der Waals surface area contributed by atoms with E-state index in [9.17, 15) is 14.7 Å². The number of amides is 1. The van der Waals surface area contributed by atoms with E-state index in [1.54, 1.807) is 6.92 Å². The number of carbonyl (C=O) groups is 2. The first-order valence-corrected chi connectivity index (χ1v) is 7.12. The number of aliphatic carboxylic acids is 1. The first-order valence-electron chi connectivity index (χ1n) is 7.12. The second-order valence-corrected chi connectivity index (χ2v) is 6.42. The van der Waals surface area contributed by atoms with E-state index in [1.165, 1.54) is 0 Å². The van der Waals surface area contributed by atoms with Crippen LogP contribution >= 0.6 is 0 Å². The second-order valence-electron chi connectivity index (χ2n) is 6.42. The van der Waals surface area contributed by atoms with Crippen LogP contribution in [0.4, 0.5) is 0 Å². The Kier molecular flexibility index (Phi) is 5.52. The molecular weight excluding hydrogens is 272 g/mol. The average Bonchev–Trinajstić information content (AvgIpc) is 2.73. The minimum atomic E-state index is -0.900. The molecule has 1 aromatic rings. The van der Waals surface area contributed by atoms with Gasteiger partial charge in [-0.2, -0.15) is 0 Å². The highest BCUT2D eigenvalue weighted by atomic mass is 16.5. The minimum absolute atomic E-state index is 0.0964. The number of rotatable bonds is 6. The molecule has 1 unspecified atom stereocenters. The zero-order valence-electron chi connectivity index (χ0n) is 13.3.